The molecule has 0 atom stereocenters. The van der Waals surface area contributed by atoms with Gasteiger partial charge in [0.25, 0.3) is 0 Å². The Morgan fingerprint density at radius 1 is 1.11 bits per heavy atom. The molecule has 0 saturated heterocycles. The van der Waals surface area contributed by atoms with Gasteiger partial charge < -0.3 is 5.32 Å². The van der Waals surface area contributed by atoms with Crippen molar-refractivity contribution in [2.24, 2.45) is 0 Å². The molecule has 0 spiro atoms. The van der Waals surface area contributed by atoms with Crippen LogP contribution in [0.15, 0.2) is 30.3 Å². The molecule has 19 heavy (non-hydrogen) atoms. The molecule has 1 N–H and O–H groups in total. The minimum atomic E-state index is -0.0641. The zero-order valence-corrected chi connectivity index (χ0v) is 12.6. The maximum absolute atomic E-state index is 4.69. The largest absolute Gasteiger partial charge is 0.361 e. The number of benzene rings is 1. The predicted octanol–water partition coefficient (Wildman–Crippen LogP) is 4.08. The number of rotatable bonds is 6. The fraction of sp³-hybridized carbons (Fsp3) is 0.467. The second kappa shape index (κ2) is 6.15. The first-order chi connectivity index (χ1) is 9.26. The first-order valence-electron chi connectivity index (χ1n) is 6.90. The summed E-state index contributed by atoms with van der Waals surface area (Å²) in [6.07, 6.45) is 2.02. The summed E-state index contributed by atoms with van der Waals surface area (Å²) in [5.41, 5.74) is 1.24. The molecule has 0 bridgehead atoms. The number of nitrogens with one attached hydrogen (secondary N) is 1. The van der Waals surface area contributed by atoms with Crippen molar-refractivity contribution >= 4 is 16.7 Å². The highest BCUT2D eigenvalue weighted by Crippen LogP contribution is 2.38. The van der Waals surface area contributed by atoms with E-state index in [0.29, 0.717) is 0 Å². The van der Waals surface area contributed by atoms with Gasteiger partial charge in [-0.2, -0.15) is 4.37 Å². The minimum Gasteiger partial charge on any atom is -0.361 e. The van der Waals surface area contributed by atoms with Crippen molar-refractivity contribution in [3.63, 3.8) is 0 Å². The van der Waals surface area contributed by atoms with Crippen LogP contribution in [0, 0.1) is 0 Å². The minimum absolute atomic E-state index is 0.0641. The van der Waals surface area contributed by atoms with E-state index in [-0.39, 0.29) is 5.41 Å². The standard InChI is InChI=1S/C15H21N3S/c1-4-15(5-2,12-10-8-7-9-11-12)13-17-14(16-6-3)19-18-13/h7-11H,4-6H2,1-3H3,(H,16,17,18). The van der Waals surface area contributed by atoms with Crippen molar-refractivity contribution in [2.45, 2.75) is 39.0 Å². The molecule has 0 fully saturated rings. The number of hydrogen-bond acceptors (Lipinski definition) is 4. The summed E-state index contributed by atoms with van der Waals surface area (Å²) in [5, 5.41) is 4.16. The van der Waals surface area contributed by atoms with Crippen LogP contribution in [0.4, 0.5) is 5.13 Å². The van der Waals surface area contributed by atoms with Crippen LogP contribution < -0.4 is 5.32 Å². The Balaban J connectivity index is 2.43. The van der Waals surface area contributed by atoms with E-state index in [1.54, 1.807) is 0 Å². The second-order valence-corrected chi connectivity index (χ2v) is 5.36. The van der Waals surface area contributed by atoms with Crippen LogP contribution in [0.5, 0.6) is 0 Å². The highest BCUT2D eigenvalue weighted by Gasteiger charge is 2.34. The number of aromatic nitrogens is 2. The lowest BCUT2D eigenvalue weighted by atomic mass is 9.75. The molecule has 0 aliphatic heterocycles. The monoisotopic (exact) mass is 275 g/mol. The summed E-state index contributed by atoms with van der Waals surface area (Å²) < 4.78 is 4.59. The Bertz CT molecular complexity index is 503. The van der Waals surface area contributed by atoms with E-state index < -0.39 is 0 Å². The molecule has 0 aliphatic rings. The van der Waals surface area contributed by atoms with E-state index in [4.69, 9.17) is 0 Å². The van der Waals surface area contributed by atoms with E-state index in [2.05, 4.69) is 65.8 Å². The normalized spacial score (nSPS) is 11.5. The third-order valence-corrected chi connectivity index (χ3v) is 4.39. The Kier molecular flexibility index (Phi) is 4.53. The maximum Gasteiger partial charge on any atom is 0.202 e. The van der Waals surface area contributed by atoms with E-state index in [1.165, 1.54) is 17.1 Å². The first kappa shape index (κ1) is 14.0. The van der Waals surface area contributed by atoms with Gasteiger partial charge in [-0.25, -0.2) is 4.98 Å². The molecule has 0 saturated carbocycles. The van der Waals surface area contributed by atoms with Crippen LogP contribution in [0.1, 0.15) is 45.0 Å². The van der Waals surface area contributed by atoms with Crippen molar-refractivity contribution in [3.8, 4) is 0 Å². The maximum atomic E-state index is 4.69. The van der Waals surface area contributed by atoms with E-state index in [1.807, 2.05) is 0 Å². The fourth-order valence-electron chi connectivity index (χ4n) is 2.50. The van der Waals surface area contributed by atoms with Crippen LogP contribution in [0.25, 0.3) is 0 Å². The SMILES string of the molecule is CCNc1nc(C(CC)(CC)c2ccccc2)ns1. The zero-order chi connectivity index (χ0) is 13.7. The van der Waals surface area contributed by atoms with Gasteiger partial charge in [-0.05, 0) is 25.3 Å². The van der Waals surface area contributed by atoms with Gasteiger partial charge in [-0.1, -0.05) is 44.2 Å². The molecule has 3 nitrogen and oxygen atoms in total. The smallest absolute Gasteiger partial charge is 0.202 e. The van der Waals surface area contributed by atoms with E-state index in [0.717, 1.165) is 30.3 Å². The van der Waals surface area contributed by atoms with Crippen molar-refractivity contribution in [3.05, 3.63) is 41.7 Å². The Hall–Kier alpha value is -1.42. The Morgan fingerprint density at radius 2 is 1.79 bits per heavy atom. The molecule has 0 unspecified atom stereocenters. The van der Waals surface area contributed by atoms with Crippen LogP contribution in [-0.2, 0) is 5.41 Å². The predicted molar refractivity (Wildman–Crippen MR) is 81.9 cm³/mol. The van der Waals surface area contributed by atoms with Crippen LogP contribution >= 0.6 is 11.5 Å². The van der Waals surface area contributed by atoms with Gasteiger partial charge in [0, 0.05) is 18.1 Å². The lowest BCUT2D eigenvalue weighted by molar-refractivity contribution is 0.455. The molecule has 1 heterocycles. The molecule has 1 aromatic carbocycles. The van der Waals surface area contributed by atoms with Crippen LogP contribution in [0.2, 0.25) is 0 Å². The Labute approximate surface area is 119 Å². The number of hydrogen-bond donors (Lipinski definition) is 1. The van der Waals surface area contributed by atoms with Crippen LogP contribution in [0.3, 0.4) is 0 Å². The van der Waals surface area contributed by atoms with Crippen molar-refractivity contribution < 1.29 is 0 Å². The Morgan fingerprint density at radius 3 is 2.37 bits per heavy atom. The molecule has 1 aromatic heterocycles. The first-order valence-corrected chi connectivity index (χ1v) is 7.67. The van der Waals surface area contributed by atoms with Gasteiger partial charge in [0.05, 0.1) is 5.41 Å². The zero-order valence-electron chi connectivity index (χ0n) is 11.8. The fourth-order valence-corrected chi connectivity index (χ4v) is 3.23. The molecule has 2 rings (SSSR count). The van der Waals surface area contributed by atoms with E-state index in [9.17, 15) is 0 Å². The van der Waals surface area contributed by atoms with E-state index >= 15 is 0 Å². The quantitative estimate of drug-likeness (QED) is 0.863. The van der Waals surface area contributed by atoms with Gasteiger partial charge >= 0.3 is 0 Å². The number of anilines is 1. The van der Waals surface area contributed by atoms with Crippen molar-refractivity contribution in [1.82, 2.24) is 9.36 Å². The number of nitrogens with zero attached hydrogens (tertiary/aromatic N) is 2. The topological polar surface area (TPSA) is 37.8 Å². The van der Waals surface area contributed by atoms with Gasteiger partial charge in [0.2, 0.25) is 5.13 Å². The second-order valence-electron chi connectivity index (χ2n) is 4.61. The van der Waals surface area contributed by atoms with Gasteiger partial charge in [0.1, 0.15) is 0 Å². The summed E-state index contributed by atoms with van der Waals surface area (Å²) in [6, 6.07) is 10.6. The van der Waals surface area contributed by atoms with Crippen LogP contribution in [-0.4, -0.2) is 15.9 Å². The van der Waals surface area contributed by atoms with Gasteiger partial charge in [-0.15, -0.1) is 0 Å². The van der Waals surface area contributed by atoms with Crippen molar-refractivity contribution in [1.29, 1.82) is 0 Å². The van der Waals surface area contributed by atoms with Gasteiger partial charge in [0.15, 0.2) is 5.82 Å². The summed E-state index contributed by atoms with van der Waals surface area (Å²) in [7, 11) is 0. The molecular weight excluding hydrogens is 254 g/mol. The molecule has 0 amide bonds. The molecular formula is C15H21N3S. The molecule has 2 aromatic rings. The molecule has 0 radical (unpaired) electrons. The molecule has 0 aliphatic carbocycles. The summed E-state index contributed by atoms with van der Waals surface area (Å²) in [5.74, 6) is 0.949. The highest BCUT2D eigenvalue weighted by atomic mass is 32.1. The molecule has 4 heteroatoms. The lowest BCUT2D eigenvalue weighted by Gasteiger charge is -2.29. The highest BCUT2D eigenvalue weighted by molar-refractivity contribution is 7.09. The lowest BCUT2D eigenvalue weighted by Crippen LogP contribution is -2.27. The third-order valence-electron chi connectivity index (χ3n) is 3.72. The van der Waals surface area contributed by atoms with Gasteiger partial charge in [-0.3, -0.25) is 0 Å². The summed E-state index contributed by atoms with van der Waals surface area (Å²) in [6.45, 7) is 7.38. The summed E-state index contributed by atoms with van der Waals surface area (Å²) in [4.78, 5) is 4.69. The molecule has 102 valence electrons. The average molecular weight is 275 g/mol. The third kappa shape index (κ3) is 2.63. The summed E-state index contributed by atoms with van der Waals surface area (Å²) >= 11 is 1.45. The van der Waals surface area contributed by atoms with Crippen molar-refractivity contribution in [2.75, 3.05) is 11.9 Å². The average Bonchev–Trinajstić information content (AvgIpc) is 2.92.